The molecule has 0 saturated carbocycles. The Morgan fingerprint density at radius 3 is 2.35 bits per heavy atom. The van der Waals surface area contributed by atoms with Crippen LogP contribution in [0.15, 0.2) is 24.3 Å². The zero-order valence-corrected chi connectivity index (χ0v) is 10.6. The van der Waals surface area contributed by atoms with E-state index >= 15 is 0 Å². The van der Waals surface area contributed by atoms with Crippen LogP contribution < -0.4 is 0 Å². The van der Waals surface area contributed by atoms with Gasteiger partial charge in [-0.05, 0) is 25.8 Å². The lowest BCUT2D eigenvalue weighted by atomic mass is 10.1. The van der Waals surface area contributed by atoms with Crippen LogP contribution in [-0.2, 0) is 9.47 Å². The van der Waals surface area contributed by atoms with Crippen molar-refractivity contribution in [3.63, 3.8) is 0 Å². The van der Waals surface area contributed by atoms with Crippen molar-refractivity contribution in [2.45, 2.75) is 51.6 Å². The van der Waals surface area contributed by atoms with Crippen molar-refractivity contribution in [3.8, 4) is 0 Å². The third-order valence-electron chi connectivity index (χ3n) is 3.46. The van der Waals surface area contributed by atoms with Crippen LogP contribution in [0.3, 0.4) is 0 Å². The molecule has 1 aliphatic heterocycles. The monoisotopic (exact) mass is 238 g/mol. The van der Waals surface area contributed by atoms with Crippen molar-refractivity contribution in [1.82, 2.24) is 0 Å². The number of hydrogen-bond acceptors (Lipinski definition) is 2. The summed E-state index contributed by atoms with van der Waals surface area (Å²) >= 11 is 0. The Balaban J connectivity index is 2.27. The van der Waals surface area contributed by atoms with Crippen molar-refractivity contribution >= 4 is 0 Å². The molecule has 1 aliphatic rings. The highest BCUT2D eigenvalue weighted by molar-refractivity contribution is 5.21. The molecule has 2 unspecified atom stereocenters. The number of rotatable bonds is 3. The molecule has 1 heterocycles. The standard InChI is InChI=1S/C14H19FO2/c1-4-14(5-2)16-10(3)13(17-14)11-8-6-7-9-12(11)15/h6-10,13H,4-5H2,1-3H3. The van der Waals surface area contributed by atoms with Crippen LogP contribution in [0.4, 0.5) is 4.39 Å². The minimum atomic E-state index is -0.549. The second kappa shape index (κ2) is 4.75. The normalized spacial score (nSPS) is 27.3. The van der Waals surface area contributed by atoms with Gasteiger partial charge in [0.05, 0.1) is 6.10 Å². The molecule has 94 valence electrons. The molecule has 0 aromatic heterocycles. The molecule has 2 rings (SSSR count). The summed E-state index contributed by atoms with van der Waals surface area (Å²) in [5.74, 6) is -0.775. The molecule has 0 aliphatic carbocycles. The summed E-state index contributed by atoms with van der Waals surface area (Å²) < 4.78 is 25.6. The van der Waals surface area contributed by atoms with E-state index in [-0.39, 0.29) is 18.0 Å². The Morgan fingerprint density at radius 1 is 1.18 bits per heavy atom. The van der Waals surface area contributed by atoms with Crippen LogP contribution in [0.25, 0.3) is 0 Å². The van der Waals surface area contributed by atoms with E-state index in [0.717, 1.165) is 12.8 Å². The zero-order chi connectivity index (χ0) is 12.5. The summed E-state index contributed by atoms with van der Waals surface area (Å²) in [7, 11) is 0. The van der Waals surface area contributed by atoms with E-state index in [1.807, 2.05) is 26.8 Å². The summed E-state index contributed by atoms with van der Waals surface area (Å²) in [6, 6.07) is 6.74. The maximum Gasteiger partial charge on any atom is 0.169 e. The molecule has 0 bridgehead atoms. The van der Waals surface area contributed by atoms with E-state index < -0.39 is 5.79 Å². The largest absolute Gasteiger partial charge is 0.344 e. The highest BCUT2D eigenvalue weighted by atomic mass is 19.1. The van der Waals surface area contributed by atoms with Gasteiger partial charge in [-0.3, -0.25) is 0 Å². The van der Waals surface area contributed by atoms with Gasteiger partial charge in [0.2, 0.25) is 0 Å². The molecule has 2 nitrogen and oxygen atoms in total. The Morgan fingerprint density at radius 2 is 1.82 bits per heavy atom. The van der Waals surface area contributed by atoms with Crippen LogP contribution in [0.2, 0.25) is 0 Å². The molecule has 0 amide bonds. The fraction of sp³-hybridized carbons (Fsp3) is 0.571. The van der Waals surface area contributed by atoms with Crippen molar-refractivity contribution < 1.29 is 13.9 Å². The molecule has 1 fully saturated rings. The van der Waals surface area contributed by atoms with Gasteiger partial charge < -0.3 is 9.47 Å². The van der Waals surface area contributed by atoms with Crippen LogP contribution >= 0.6 is 0 Å². The van der Waals surface area contributed by atoms with Crippen LogP contribution in [0, 0.1) is 5.82 Å². The van der Waals surface area contributed by atoms with Gasteiger partial charge in [0.25, 0.3) is 0 Å². The average molecular weight is 238 g/mol. The smallest absolute Gasteiger partial charge is 0.169 e. The molecular formula is C14H19FO2. The van der Waals surface area contributed by atoms with Gasteiger partial charge in [-0.25, -0.2) is 4.39 Å². The highest BCUT2D eigenvalue weighted by Gasteiger charge is 2.44. The molecule has 17 heavy (non-hydrogen) atoms. The first kappa shape index (κ1) is 12.5. The van der Waals surface area contributed by atoms with E-state index in [2.05, 4.69) is 0 Å². The predicted molar refractivity (Wildman–Crippen MR) is 64.1 cm³/mol. The average Bonchev–Trinajstić information content (AvgIpc) is 2.68. The zero-order valence-electron chi connectivity index (χ0n) is 10.6. The van der Waals surface area contributed by atoms with Gasteiger partial charge in [0.1, 0.15) is 11.9 Å². The number of hydrogen-bond donors (Lipinski definition) is 0. The SMILES string of the molecule is CCC1(CC)OC(C)C(c2ccccc2F)O1. The molecule has 1 aromatic rings. The first-order chi connectivity index (χ1) is 8.12. The lowest BCUT2D eigenvalue weighted by Crippen LogP contribution is -2.28. The van der Waals surface area contributed by atoms with Gasteiger partial charge in [-0.2, -0.15) is 0 Å². The summed E-state index contributed by atoms with van der Waals surface area (Å²) in [6.07, 6.45) is 1.13. The third kappa shape index (κ3) is 2.22. The van der Waals surface area contributed by atoms with Crippen molar-refractivity contribution in [2.75, 3.05) is 0 Å². The molecular weight excluding hydrogens is 219 g/mol. The van der Waals surface area contributed by atoms with E-state index in [4.69, 9.17) is 9.47 Å². The molecule has 3 heteroatoms. The minimum absolute atomic E-state index is 0.119. The maximum atomic E-state index is 13.7. The van der Waals surface area contributed by atoms with Gasteiger partial charge in [0, 0.05) is 5.56 Å². The van der Waals surface area contributed by atoms with Gasteiger partial charge in [-0.15, -0.1) is 0 Å². The van der Waals surface area contributed by atoms with Gasteiger partial charge in [-0.1, -0.05) is 32.0 Å². The number of halogens is 1. The number of benzene rings is 1. The van der Waals surface area contributed by atoms with Crippen molar-refractivity contribution in [3.05, 3.63) is 35.6 Å². The topological polar surface area (TPSA) is 18.5 Å². The Labute approximate surface area is 102 Å². The van der Waals surface area contributed by atoms with Crippen LogP contribution in [0.1, 0.15) is 45.3 Å². The fourth-order valence-corrected chi connectivity index (χ4v) is 2.36. The van der Waals surface area contributed by atoms with Crippen LogP contribution in [-0.4, -0.2) is 11.9 Å². The van der Waals surface area contributed by atoms with E-state index in [1.54, 1.807) is 12.1 Å². The first-order valence-electron chi connectivity index (χ1n) is 6.22. The summed E-state index contributed by atoms with van der Waals surface area (Å²) in [4.78, 5) is 0. The molecule has 2 atom stereocenters. The Bertz CT molecular complexity index is 388. The van der Waals surface area contributed by atoms with Crippen molar-refractivity contribution in [2.24, 2.45) is 0 Å². The second-order valence-electron chi connectivity index (χ2n) is 4.50. The molecule has 1 aromatic carbocycles. The maximum absolute atomic E-state index is 13.7. The second-order valence-corrected chi connectivity index (χ2v) is 4.50. The van der Waals surface area contributed by atoms with E-state index in [9.17, 15) is 4.39 Å². The minimum Gasteiger partial charge on any atom is -0.344 e. The van der Waals surface area contributed by atoms with Crippen LogP contribution in [0.5, 0.6) is 0 Å². The van der Waals surface area contributed by atoms with E-state index in [0.29, 0.717) is 5.56 Å². The molecule has 0 N–H and O–H groups in total. The first-order valence-corrected chi connectivity index (χ1v) is 6.22. The molecule has 0 radical (unpaired) electrons. The quantitative estimate of drug-likeness (QED) is 0.797. The van der Waals surface area contributed by atoms with Gasteiger partial charge in [0.15, 0.2) is 5.79 Å². The summed E-state index contributed by atoms with van der Waals surface area (Å²) in [6.45, 7) is 5.99. The predicted octanol–water partition coefficient (Wildman–Crippen LogP) is 3.82. The lowest BCUT2D eigenvalue weighted by Gasteiger charge is -2.25. The Hall–Kier alpha value is -0.930. The molecule has 1 saturated heterocycles. The van der Waals surface area contributed by atoms with Crippen molar-refractivity contribution in [1.29, 1.82) is 0 Å². The number of ether oxygens (including phenoxy) is 2. The van der Waals surface area contributed by atoms with E-state index in [1.165, 1.54) is 6.07 Å². The third-order valence-corrected chi connectivity index (χ3v) is 3.46. The summed E-state index contributed by atoms with van der Waals surface area (Å²) in [5.41, 5.74) is 0.587. The summed E-state index contributed by atoms with van der Waals surface area (Å²) in [5, 5.41) is 0. The highest BCUT2D eigenvalue weighted by Crippen LogP contribution is 2.42. The lowest BCUT2D eigenvalue weighted by molar-refractivity contribution is -0.178. The van der Waals surface area contributed by atoms with Gasteiger partial charge >= 0.3 is 0 Å². The fourth-order valence-electron chi connectivity index (χ4n) is 2.36. The molecule has 0 spiro atoms. The Kier molecular flexibility index (Phi) is 3.50.